The number of halogens is 1. The molecule has 1 unspecified atom stereocenters. The van der Waals surface area contributed by atoms with Crippen molar-refractivity contribution in [2.75, 3.05) is 0 Å². The molecule has 0 saturated carbocycles. The summed E-state index contributed by atoms with van der Waals surface area (Å²) in [5, 5.41) is 12.4. The zero-order chi connectivity index (χ0) is 12.5. The standard InChI is InChI=1S/C14H10BrNO2/c15-12-5-7-18-14(12)13(17)11-3-1-2-9-8-16-6-4-10(9)11/h1-8,13,17H. The minimum absolute atomic E-state index is 0.513. The van der Waals surface area contributed by atoms with Crippen molar-refractivity contribution in [3.8, 4) is 0 Å². The Morgan fingerprint density at radius 3 is 2.89 bits per heavy atom. The van der Waals surface area contributed by atoms with Gasteiger partial charge in [0.2, 0.25) is 0 Å². The highest BCUT2D eigenvalue weighted by atomic mass is 79.9. The molecular weight excluding hydrogens is 294 g/mol. The largest absolute Gasteiger partial charge is 0.465 e. The molecular formula is C14H10BrNO2. The number of nitrogens with zero attached hydrogens (tertiary/aromatic N) is 1. The van der Waals surface area contributed by atoms with Crippen LogP contribution < -0.4 is 0 Å². The van der Waals surface area contributed by atoms with Crippen LogP contribution in [-0.4, -0.2) is 10.1 Å². The summed E-state index contributed by atoms with van der Waals surface area (Å²) < 4.78 is 6.08. The summed E-state index contributed by atoms with van der Waals surface area (Å²) in [7, 11) is 0. The topological polar surface area (TPSA) is 46.3 Å². The van der Waals surface area contributed by atoms with Crippen LogP contribution in [0.3, 0.4) is 0 Å². The summed E-state index contributed by atoms with van der Waals surface area (Å²) in [6, 6.07) is 9.42. The Hall–Kier alpha value is -1.65. The maximum atomic E-state index is 10.4. The van der Waals surface area contributed by atoms with Crippen LogP contribution in [0.1, 0.15) is 17.4 Å². The normalized spacial score (nSPS) is 12.8. The average molecular weight is 304 g/mol. The predicted octanol–water partition coefficient (Wildman–Crippen LogP) is 3.67. The molecule has 0 radical (unpaired) electrons. The zero-order valence-corrected chi connectivity index (χ0v) is 11.0. The molecule has 1 atom stereocenters. The lowest BCUT2D eigenvalue weighted by molar-refractivity contribution is 0.189. The van der Waals surface area contributed by atoms with Crippen molar-refractivity contribution >= 4 is 26.7 Å². The first kappa shape index (κ1) is 11.4. The number of fused-ring (bicyclic) bond motifs is 1. The Morgan fingerprint density at radius 1 is 1.22 bits per heavy atom. The number of aliphatic hydroxyl groups is 1. The first-order chi connectivity index (χ1) is 8.77. The van der Waals surface area contributed by atoms with Gasteiger partial charge < -0.3 is 9.52 Å². The molecule has 4 heteroatoms. The molecule has 0 aliphatic carbocycles. The molecule has 0 spiro atoms. The van der Waals surface area contributed by atoms with Crippen LogP contribution in [0.25, 0.3) is 10.8 Å². The molecule has 1 N–H and O–H groups in total. The number of hydrogen-bond acceptors (Lipinski definition) is 3. The van der Waals surface area contributed by atoms with Gasteiger partial charge in [0.1, 0.15) is 6.10 Å². The van der Waals surface area contributed by atoms with E-state index in [4.69, 9.17) is 4.42 Å². The first-order valence-corrected chi connectivity index (χ1v) is 6.30. The number of aliphatic hydroxyl groups excluding tert-OH is 1. The van der Waals surface area contributed by atoms with Gasteiger partial charge >= 0.3 is 0 Å². The molecule has 0 aliphatic heterocycles. The highest BCUT2D eigenvalue weighted by molar-refractivity contribution is 9.10. The molecule has 0 amide bonds. The van der Waals surface area contributed by atoms with Crippen LogP contribution in [0.15, 0.2) is 57.9 Å². The molecule has 2 aromatic heterocycles. The number of furan rings is 1. The number of pyridine rings is 1. The van der Waals surface area contributed by atoms with Crippen LogP contribution in [0.5, 0.6) is 0 Å². The number of benzene rings is 1. The number of aromatic nitrogens is 1. The van der Waals surface area contributed by atoms with Crippen molar-refractivity contribution in [3.05, 3.63) is 64.8 Å². The van der Waals surface area contributed by atoms with Gasteiger partial charge in [0, 0.05) is 17.8 Å². The van der Waals surface area contributed by atoms with Crippen LogP contribution in [0.2, 0.25) is 0 Å². The third-order valence-electron chi connectivity index (χ3n) is 2.90. The monoisotopic (exact) mass is 303 g/mol. The maximum absolute atomic E-state index is 10.4. The minimum Gasteiger partial charge on any atom is -0.465 e. The molecule has 0 saturated heterocycles. The molecule has 3 rings (SSSR count). The van der Waals surface area contributed by atoms with Crippen molar-refractivity contribution in [3.63, 3.8) is 0 Å². The van der Waals surface area contributed by atoms with E-state index < -0.39 is 6.10 Å². The van der Waals surface area contributed by atoms with E-state index in [1.807, 2.05) is 24.3 Å². The second-order valence-corrected chi connectivity index (χ2v) is 4.83. The smallest absolute Gasteiger partial charge is 0.150 e. The Morgan fingerprint density at radius 2 is 2.11 bits per heavy atom. The Bertz CT molecular complexity index is 688. The van der Waals surface area contributed by atoms with Gasteiger partial charge in [-0.05, 0) is 39.0 Å². The zero-order valence-electron chi connectivity index (χ0n) is 9.38. The van der Waals surface area contributed by atoms with E-state index in [0.717, 1.165) is 20.8 Å². The Kier molecular flexibility index (Phi) is 2.89. The van der Waals surface area contributed by atoms with Crippen molar-refractivity contribution in [1.29, 1.82) is 0 Å². The van der Waals surface area contributed by atoms with E-state index in [-0.39, 0.29) is 0 Å². The lowest BCUT2D eigenvalue weighted by Gasteiger charge is -2.11. The fraction of sp³-hybridized carbons (Fsp3) is 0.0714. The third-order valence-corrected chi connectivity index (χ3v) is 3.56. The molecule has 0 fully saturated rings. The third kappa shape index (κ3) is 1.83. The van der Waals surface area contributed by atoms with Gasteiger partial charge in [-0.25, -0.2) is 0 Å². The first-order valence-electron chi connectivity index (χ1n) is 5.51. The summed E-state index contributed by atoms with van der Waals surface area (Å²) >= 11 is 3.36. The Labute approximate surface area is 112 Å². The van der Waals surface area contributed by atoms with Crippen LogP contribution in [-0.2, 0) is 0 Å². The molecule has 2 heterocycles. The summed E-state index contributed by atoms with van der Waals surface area (Å²) in [5.74, 6) is 0.513. The van der Waals surface area contributed by atoms with Gasteiger partial charge in [-0.3, -0.25) is 4.98 Å². The van der Waals surface area contributed by atoms with E-state index in [0.29, 0.717) is 5.76 Å². The lowest BCUT2D eigenvalue weighted by atomic mass is 10.0. The van der Waals surface area contributed by atoms with E-state index in [1.54, 1.807) is 24.7 Å². The summed E-state index contributed by atoms with van der Waals surface area (Å²) in [5.41, 5.74) is 0.811. The van der Waals surface area contributed by atoms with Gasteiger partial charge in [0.05, 0.1) is 10.7 Å². The van der Waals surface area contributed by atoms with Crippen molar-refractivity contribution < 1.29 is 9.52 Å². The molecule has 3 nitrogen and oxygen atoms in total. The second kappa shape index (κ2) is 4.55. The SMILES string of the molecule is OC(c1occc1Br)c1cccc2cnccc12. The van der Waals surface area contributed by atoms with Gasteiger partial charge in [0.25, 0.3) is 0 Å². The van der Waals surface area contributed by atoms with Gasteiger partial charge in [-0.15, -0.1) is 0 Å². The molecule has 0 bridgehead atoms. The van der Waals surface area contributed by atoms with Crippen LogP contribution in [0, 0.1) is 0 Å². The molecule has 3 aromatic rings. The summed E-state index contributed by atoms with van der Waals surface area (Å²) in [4.78, 5) is 4.08. The van der Waals surface area contributed by atoms with Crippen molar-refractivity contribution in [2.24, 2.45) is 0 Å². The lowest BCUT2D eigenvalue weighted by Crippen LogP contribution is -1.99. The van der Waals surface area contributed by atoms with Crippen LogP contribution in [0.4, 0.5) is 0 Å². The molecule has 0 aliphatic rings. The summed E-state index contributed by atoms with van der Waals surface area (Å²) in [6.07, 6.45) is 4.26. The quantitative estimate of drug-likeness (QED) is 0.785. The van der Waals surface area contributed by atoms with E-state index in [9.17, 15) is 5.11 Å². The minimum atomic E-state index is -0.791. The average Bonchev–Trinajstić information content (AvgIpc) is 2.83. The van der Waals surface area contributed by atoms with Gasteiger partial charge in [0.15, 0.2) is 5.76 Å². The van der Waals surface area contributed by atoms with Crippen molar-refractivity contribution in [2.45, 2.75) is 6.10 Å². The highest BCUT2D eigenvalue weighted by Gasteiger charge is 2.18. The van der Waals surface area contributed by atoms with Crippen molar-refractivity contribution in [1.82, 2.24) is 4.98 Å². The molecule has 1 aromatic carbocycles. The van der Waals surface area contributed by atoms with E-state index in [2.05, 4.69) is 20.9 Å². The highest BCUT2D eigenvalue weighted by Crippen LogP contribution is 2.32. The Balaban J connectivity index is 2.18. The molecule has 90 valence electrons. The fourth-order valence-corrected chi connectivity index (χ4v) is 2.45. The summed E-state index contributed by atoms with van der Waals surface area (Å²) in [6.45, 7) is 0. The fourth-order valence-electron chi connectivity index (χ4n) is 2.03. The van der Waals surface area contributed by atoms with Crippen LogP contribution >= 0.6 is 15.9 Å². The molecule has 18 heavy (non-hydrogen) atoms. The van der Waals surface area contributed by atoms with Gasteiger partial charge in [-0.1, -0.05) is 18.2 Å². The second-order valence-electron chi connectivity index (χ2n) is 3.98. The van der Waals surface area contributed by atoms with E-state index >= 15 is 0 Å². The number of rotatable bonds is 2. The maximum Gasteiger partial charge on any atom is 0.150 e. The number of hydrogen-bond donors (Lipinski definition) is 1. The van der Waals surface area contributed by atoms with Gasteiger partial charge in [-0.2, -0.15) is 0 Å². The predicted molar refractivity (Wildman–Crippen MR) is 72.2 cm³/mol. The van der Waals surface area contributed by atoms with E-state index in [1.165, 1.54) is 0 Å².